The molecule has 1 heterocycles. The van der Waals surface area contributed by atoms with Crippen LogP contribution in [0.3, 0.4) is 0 Å². The van der Waals surface area contributed by atoms with Crippen molar-refractivity contribution >= 4 is 61.5 Å². The highest BCUT2D eigenvalue weighted by Crippen LogP contribution is 2.35. The zero-order valence-electron chi connectivity index (χ0n) is 13.6. The van der Waals surface area contributed by atoms with Crippen LogP contribution in [-0.2, 0) is 17.1 Å². The van der Waals surface area contributed by atoms with Crippen LogP contribution in [0.5, 0.6) is 0 Å². The summed E-state index contributed by atoms with van der Waals surface area (Å²) in [6.07, 6.45) is 1.63. The van der Waals surface area contributed by atoms with Gasteiger partial charge in [-0.05, 0) is 43.2 Å². The van der Waals surface area contributed by atoms with Crippen LogP contribution in [0.15, 0.2) is 29.4 Å². The third kappa shape index (κ3) is 3.19. The molecule has 9 heteroatoms. The summed E-state index contributed by atoms with van der Waals surface area (Å²) in [5.74, 6) is 0. The fourth-order valence-corrected chi connectivity index (χ4v) is 4.65. The predicted molar refractivity (Wildman–Crippen MR) is 102 cm³/mol. The lowest BCUT2D eigenvalue weighted by molar-refractivity contribution is 0.601. The van der Waals surface area contributed by atoms with E-state index in [1.54, 1.807) is 6.33 Å². The van der Waals surface area contributed by atoms with Crippen LogP contribution in [0.1, 0.15) is 11.1 Å². The Morgan fingerprint density at radius 2 is 1.68 bits per heavy atom. The molecule has 0 amide bonds. The number of aromatic nitrogens is 2. The van der Waals surface area contributed by atoms with Crippen molar-refractivity contribution in [1.29, 1.82) is 0 Å². The first kappa shape index (κ1) is 18.3. The van der Waals surface area contributed by atoms with Gasteiger partial charge in [0.25, 0.3) is 10.0 Å². The third-order valence-electron chi connectivity index (χ3n) is 4.04. The third-order valence-corrected chi connectivity index (χ3v) is 6.58. The van der Waals surface area contributed by atoms with Crippen LogP contribution in [0, 0.1) is 13.8 Å². The highest BCUT2D eigenvalue weighted by molar-refractivity contribution is 7.92. The van der Waals surface area contributed by atoms with E-state index in [-0.39, 0.29) is 20.0 Å². The molecule has 0 aliphatic carbocycles. The van der Waals surface area contributed by atoms with Crippen molar-refractivity contribution in [2.45, 2.75) is 18.7 Å². The molecule has 1 N–H and O–H groups in total. The smallest absolute Gasteiger partial charge is 0.263 e. The number of anilines is 1. The molecule has 3 rings (SSSR count). The number of benzene rings is 2. The van der Waals surface area contributed by atoms with E-state index in [9.17, 15) is 8.42 Å². The van der Waals surface area contributed by atoms with Crippen molar-refractivity contribution in [2.24, 2.45) is 7.05 Å². The van der Waals surface area contributed by atoms with E-state index in [2.05, 4.69) is 9.71 Å². The highest BCUT2D eigenvalue weighted by atomic mass is 35.5. The zero-order chi connectivity index (χ0) is 18.5. The first-order valence-electron chi connectivity index (χ1n) is 7.20. The van der Waals surface area contributed by atoms with E-state index in [1.165, 1.54) is 12.1 Å². The first-order chi connectivity index (χ1) is 11.6. The molecule has 0 saturated heterocycles. The van der Waals surface area contributed by atoms with Crippen LogP contribution in [-0.4, -0.2) is 18.0 Å². The van der Waals surface area contributed by atoms with Crippen molar-refractivity contribution < 1.29 is 8.42 Å². The van der Waals surface area contributed by atoms with Crippen LogP contribution < -0.4 is 4.72 Å². The lowest BCUT2D eigenvalue weighted by atomic mass is 10.1. The van der Waals surface area contributed by atoms with Gasteiger partial charge in [0.15, 0.2) is 0 Å². The SMILES string of the molecule is Cc1cc2c(ncn2C)c(NS(=O)(=O)c2cc(Cl)c(Cl)cc2Cl)c1C. The van der Waals surface area contributed by atoms with Crippen molar-refractivity contribution in [2.75, 3.05) is 4.72 Å². The molecule has 132 valence electrons. The van der Waals surface area contributed by atoms with Gasteiger partial charge in [0, 0.05) is 7.05 Å². The van der Waals surface area contributed by atoms with E-state index in [0.29, 0.717) is 11.2 Å². The largest absolute Gasteiger partial charge is 0.334 e. The van der Waals surface area contributed by atoms with Crippen LogP contribution in [0.2, 0.25) is 15.1 Å². The number of halogens is 3. The van der Waals surface area contributed by atoms with Gasteiger partial charge in [0.2, 0.25) is 0 Å². The Bertz CT molecular complexity index is 1110. The van der Waals surface area contributed by atoms with Gasteiger partial charge in [0.1, 0.15) is 10.4 Å². The van der Waals surface area contributed by atoms with Gasteiger partial charge in [-0.25, -0.2) is 13.4 Å². The van der Waals surface area contributed by atoms with Crippen LogP contribution in [0.25, 0.3) is 11.0 Å². The van der Waals surface area contributed by atoms with Gasteiger partial charge in [-0.2, -0.15) is 0 Å². The Morgan fingerprint density at radius 3 is 2.36 bits per heavy atom. The predicted octanol–water partition coefficient (Wildman–Crippen LogP) is 4.95. The number of sulfonamides is 1. The number of imidazole rings is 1. The molecule has 2 aromatic carbocycles. The molecule has 0 saturated carbocycles. The van der Waals surface area contributed by atoms with Crippen LogP contribution in [0.4, 0.5) is 5.69 Å². The maximum atomic E-state index is 12.9. The van der Waals surface area contributed by atoms with Crippen molar-refractivity contribution in [3.63, 3.8) is 0 Å². The van der Waals surface area contributed by atoms with E-state index < -0.39 is 10.0 Å². The molecule has 0 atom stereocenters. The number of hydrogen-bond acceptors (Lipinski definition) is 3. The topological polar surface area (TPSA) is 64.0 Å². The number of aryl methyl sites for hydroxylation is 2. The van der Waals surface area contributed by atoms with Gasteiger partial charge >= 0.3 is 0 Å². The summed E-state index contributed by atoms with van der Waals surface area (Å²) in [5, 5.41) is 0.282. The van der Waals surface area contributed by atoms with Gasteiger partial charge in [-0.3, -0.25) is 4.72 Å². The molecular weight excluding hydrogens is 405 g/mol. The molecule has 0 radical (unpaired) electrons. The Kier molecular flexibility index (Phi) is 4.66. The maximum absolute atomic E-state index is 12.9. The lowest BCUT2D eigenvalue weighted by Gasteiger charge is -2.15. The maximum Gasteiger partial charge on any atom is 0.263 e. The normalized spacial score (nSPS) is 11.9. The van der Waals surface area contributed by atoms with Crippen molar-refractivity contribution in [1.82, 2.24) is 9.55 Å². The Hall–Kier alpha value is -1.47. The van der Waals surface area contributed by atoms with Crippen molar-refractivity contribution in [3.8, 4) is 0 Å². The molecule has 0 bridgehead atoms. The molecule has 0 aliphatic rings. The highest BCUT2D eigenvalue weighted by Gasteiger charge is 2.23. The summed E-state index contributed by atoms with van der Waals surface area (Å²) in [7, 11) is -2.13. The van der Waals surface area contributed by atoms with Gasteiger partial charge in [-0.15, -0.1) is 0 Å². The van der Waals surface area contributed by atoms with Gasteiger partial charge in [-0.1, -0.05) is 34.8 Å². The molecular formula is C16H14Cl3N3O2S. The number of hydrogen-bond donors (Lipinski definition) is 1. The minimum absolute atomic E-state index is 0.00975. The standard InChI is InChI=1S/C16H14Cl3N3O2S/c1-8-4-13-16(20-7-22(13)3)15(9(8)2)21-25(23,24)14-6-11(18)10(17)5-12(14)19/h4-7,21H,1-3H3. The zero-order valence-corrected chi connectivity index (χ0v) is 16.6. The number of fused-ring (bicyclic) bond motifs is 1. The lowest BCUT2D eigenvalue weighted by Crippen LogP contribution is -2.15. The average molecular weight is 419 g/mol. The fraction of sp³-hybridized carbons (Fsp3) is 0.188. The van der Waals surface area contributed by atoms with Crippen LogP contribution >= 0.6 is 34.8 Å². The minimum atomic E-state index is -3.98. The molecule has 3 aromatic rings. The molecule has 0 fully saturated rings. The summed E-state index contributed by atoms with van der Waals surface area (Å²) < 4.78 is 30.2. The Labute approximate surface area is 160 Å². The summed E-state index contributed by atoms with van der Waals surface area (Å²) in [4.78, 5) is 4.16. The molecule has 25 heavy (non-hydrogen) atoms. The summed E-state index contributed by atoms with van der Waals surface area (Å²) in [5.41, 5.74) is 3.52. The molecule has 0 unspecified atom stereocenters. The van der Waals surface area contributed by atoms with E-state index >= 15 is 0 Å². The Morgan fingerprint density at radius 1 is 1.04 bits per heavy atom. The second-order valence-electron chi connectivity index (χ2n) is 5.72. The number of nitrogens with zero attached hydrogens (tertiary/aromatic N) is 2. The van der Waals surface area contributed by atoms with E-state index in [4.69, 9.17) is 34.8 Å². The van der Waals surface area contributed by atoms with Gasteiger partial charge < -0.3 is 4.57 Å². The van der Waals surface area contributed by atoms with Crippen molar-refractivity contribution in [3.05, 3.63) is 50.7 Å². The first-order valence-corrected chi connectivity index (χ1v) is 9.82. The molecule has 0 spiro atoms. The Balaban J connectivity index is 2.19. The monoisotopic (exact) mass is 417 g/mol. The second-order valence-corrected chi connectivity index (χ2v) is 8.59. The molecule has 5 nitrogen and oxygen atoms in total. The van der Waals surface area contributed by atoms with E-state index in [1.807, 2.05) is 31.5 Å². The van der Waals surface area contributed by atoms with E-state index in [0.717, 1.165) is 16.6 Å². The summed E-state index contributed by atoms with van der Waals surface area (Å²) in [6, 6.07) is 4.50. The summed E-state index contributed by atoms with van der Waals surface area (Å²) >= 11 is 17.9. The number of nitrogens with one attached hydrogen (secondary N) is 1. The average Bonchev–Trinajstić information content (AvgIpc) is 2.88. The van der Waals surface area contributed by atoms with Gasteiger partial charge in [0.05, 0.1) is 32.6 Å². The fourth-order valence-electron chi connectivity index (χ4n) is 2.52. The quantitative estimate of drug-likeness (QED) is 0.612. The summed E-state index contributed by atoms with van der Waals surface area (Å²) in [6.45, 7) is 3.74. The second kappa shape index (κ2) is 6.36. The number of rotatable bonds is 3. The molecule has 1 aromatic heterocycles. The molecule has 0 aliphatic heterocycles. The minimum Gasteiger partial charge on any atom is -0.334 e.